The summed E-state index contributed by atoms with van der Waals surface area (Å²) >= 11 is 0. The zero-order valence-corrected chi connectivity index (χ0v) is 11.5. The maximum atomic E-state index is 8.73. The van der Waals surface area contributed by atoms with Crippen molar-refractivity contribution in [3.8, 4) is 0 Å². The van der Waals surface area contributed by atoms with Gasteiger partial charge in [-0.15, -0.1) is 0 Å². The predicted molar refractivity (Wildman–Crippen MR) is 57.7 cm³/mol. The molecule has 0 radical (unpaired) electrons. The van der Waals surface area contributed by atoms with Crippen LogP contribution >= 0.6 is 0 Å². The van der Waals surface area contributed by atoms with E-state index in [0.29, 0.717) is 6.61 Å². The number of quaternary nitrogens is 1. The third-order valence-electron chi connectivity index (χ3n) is 2.54. The highest BCUT2D eigenvalue weighted by molar-refractivity contribution is 4.41. The lowest BCUT2D eigenvalue weighted by Crippen LogP contribution is -3.00. The summed E-state index contributed by atoms with van der Waals surface area (Å²) in [6, 6.07) is 0. The van der Waals surface area contributed by atoms with Gasteiger partial charge in [-0.3, -0.25) is 0 Å². The molecule has 88 valence electrons. The van der Waals surface area contributed by atoms with Gasteiger partial charge in [-0.2, -0.15) is 0 Å². The molecule has 0 aliphatic rings. The van der Waals surface area contributed by atoms with E-state index in [4.69, 9.17) is 5.11 Å². The topological polar surface area (TPSA) is 20.2 Å². The minimum atomic E-state index is 0. The smallest absolute Gasteiger partial charge is 0.0804 e. The first-order valence-corrected chi connectivity index (χ1v) is 5.55. The van der Waals surface area contributed by atoms with Crippen molar-refractivity contribution in [3.63, 3.8) is 0 Å². The van der Waals surface area contributed by atoms with Gasteiger partial charge in [-0.25, -0.2) is 0 Å². The Morgan fingerprint density at radius 1 is 0.929 bits per heavy atom. The molecule has 0 aliphatic carbocycles. The van der Waals surface area contributed by atoms with Crippen LogP contribution in [0.2, 0.25) is 0 Å². The van der Waals surface area contributed by atoms with Crippen LogP contribution in [0.5, 0.6) is 0 Å². The Morgan fingerprint density at radius 2 is 1.50 bits per heavy atom. The first-order chi connectivity index (χ1) is 6.12. The largest absolute Gasteiger partial charge is 1.00 e. The number of aliphatic hydroxyl groups is 1. The second kappa shape index (κ2) is 9.94. The number of halogens is 1. The lowest BCUT2D eigenvalue weighted by molar-refractivity contribution is -0.890. The van der Waals surface area contributed by atoms with Gasteiger partial charge < -0.3 is 26.6 Å². The van der Waals surface area contributed by atoms with Crippen LogP contribution in [0.1, 0.15) is 39.0 Å². The molecule has 0 saturated carbocycles. The number of hydrogen-bond acceptors (Lipinski definition) is 1. The monoisotopic (exact) mass is 267 g/mol. The zero-order chi connectivity index (χ0) is 10.2. The first kappa shape index (κ1) is 16.8. The van der Waals surface area contributed by atoms with Crippen LogP contribution in [0, 0.1) is 0 Å². The molecule has 0 unspecified atom stereocenters. The van der Waals surface area contributed by atoms with Gasteiger partial charge in [0.25, 0.3) is 0 Å². The van der Waals surface area contributed by atoms with Gasteiger partial charge in [-0.05, 0) is 12.8 Å². The summed E-state index contributed by atoms with van der Waals surface area (Å²) in [5.74, 6) is 0. The van der Waals surface area contributed by atoms with Crippen LogP contribution in [-0.4, -0.2) is 43.4 Å². The van der Waals surface area contributed by atoms with Crippen molar-refractivity contribution in [1.82, 2.24) is 0 Å². The summed E-state index contributed by atoms with van der Waals surface area (Å²) in [4.78, 5) is 0. The molecule has 0 atom stereocenters. The predicted octanol–water partition coefficient (Wildman–Crippen LogP) is -0.970. The summed E-state index contributed by atoms with van der Waals surface area (Å²) in [7, 11) is 4.50. The van der Waals surface area contributed by atoms with E-state index in [0.717, 1.165) is 17.4 Å². The molecule has 0 aliphatic heterocycles. The van der Waals surface area contributed by atoms with E-state index >= 15 is 0 Å². The van der Waals surface area contributed by atoms with E-state index in [1.807, 2.05) is 0 Å². The lowest BCUT2D eigenvalue weighted by atomic mass is 10.2. The lowest BCUT2D eigenvalue weighted by Gasteiger charge is -2.29. The summed E-state index contributed by atoms with van der Waals surface area (Å²) in [5, 5.41) is 8.73. The van der Waals surface area contributed by atoms with Crippen molar-refractivity contribution in [3.05, 3.63) is 0 Å². The number of hydrogen-bond donors (Lipinski definition) is 1. The van der Waals surface area contributed by atoms with Crippen molar-refractivity contribution in [2.24, 2.45) is 0 Å². The Kier molecular flexibility index (Phi) is 11.9. The SMILES string of the molecule is CCCCCC[N+](C)(C)CCCO.[Br-]. The van der Waals surface area contributed by atoms with Gasteiger partial charge in [-0.1, -0.05) is 19.8 Å². The molecule has 0 rings (SSSR count). The Hall–Kier alpha value is 0.400. The van der Waals surface area contributed by atoms with Crippen molar-refractivity contribution >= 4 is 0 Å². The van der Waals surface area contributed by atoms with Gasteiger partial charge in [0.05, 0.1) is 27.2 Å². The number of nitrogens with zero attached hydrogens (tertiary/aromatic N) is 1. The number of unbranched alkanes of at least 4 members (excludes halogenated alkanes) is 3. The first-order valence-electron chi connectivity index (χ1n) is 5.55. The molecule has 0 fully saturated rings. The second-order valence-corrected chi connectivity index (χ2v) is 4.52. The normalized spacial score (nSPS) is 11.1. The van der Waals surface area contributed by atoms with E-state index < -0.39 is 0 Å². The van der Waals surface area contributed by atoms with Gasteiger partial charge in [0.15, 0.2) is 0 Å². The fourth-order valence-electron chi connectivity index (χ4n) is 1.58. The quantitative estimate of drug-likeness (QED) is 0.444. The van der Waals surface area contributed by atoms with Gasteiger partial charge in [0, 0.05) is 13.0 Å². The van der Waals surface area contributed by atoms with Gasteiger partial charge >= 0.3 is 0 Å². The van der Waals surface area contributed by atoms with Crippen molar-refractivity contribution in [1.29, 1.82) is 0 Å². The van der Waals surface area contributed by atoms with E-state index in [9.17, 15) is 0 Å². The van der Waals surface area contributed by atoms with Crippen molar-refractivity contribution < 1.29 is 26.6 Å². The summed E-state index contributed by atoms with van der Waals surface area (Å²) < 4.78 is 1.06. The minimum Gasteiger partial charge on any atom is -1.00 e. The average molecular weight is 268 g/mol. The number of rotatable bonds is 8. The van der Waals surface area contributed by atoms with E-state index in [-0.39, 0.29) is 17.0 Å². The fraction of sp³-hybridized carbons (Fsp3) is 1.00. The fourth-order valence-corrected chi connectivity index (χ4v) is 1.58. The van der Waals surface area contributed by atoms with Crippen molar-refractivity contribution in [2.75, 3.05) is 33.8 Å². The Labute approximate surface area is 99.7 Å². The van der Waals surface area contributed by atoms with Crippen LogP contribution in [0.4, 0.5) is 0 Å². The summed E-state index contributed by atoms with van der Waals surface area (Å²) in [6.45, 7) is 4.92. The molecule has 0 aromatic rings. The summed E-state index contributed by atoms with van der Waals surface area (Å²) in [5.41, 5.74) is 0. The molecule has 0 aromatic heterocycles. The molecule has 1 N–H and O–H groups in total. The molecular weight excluding hydrogens is 242 g/mol. The van der Waals surface area contributed by atoms with Gasteiger partial charge in [0.2, 0.25) is 0 Å². The van der Waals surface area contributed by atoms with E-state index in [1.165, 1.54) is 32.2 Å². The van der Waals surface area contributed by atoms with Crippen molar-refractivity contribution in [2.45, 2.75) is 39.0 Å². The highest BCUT2D eigenvalue weighted by Gasteiger charge is 2.12. The number of aliphatic hydroxyl groups excluding tert-OH is 1. The Morgan fingerprint density at radius 3 is 2.00 bits per heavy atom. The molecule has 0 bridgehead atoms. The molecule has 0 spiro atoms. The molecule has 2 nitrogen and oxygen atoms in total. The van der Waals surface area contributed by atoms with Crippen LogP contribution in [0.25, 0.3) is 0 Å². The standard InChI is InChI=1S/C11H26NO.BrH/c1-4-5-6-7-9-12(2,3)10-8-11-13;/h13H,4-11H2,1-3H3;1H/q+1;/p-1. The maximum absolute atomic E-state index is 8.73. The summed E-state index contributed by atoms with van der Waals surface area (Å²) in [6.07, 6.45) is 6.29. The van der Waals surface area contributed by atoms with Crippen LogP contribution < -0.4 is 17.0 Å². The third kappa shape index (κ3) is 10.5. The van der Waals surface area contributed by atoms with Crippen LogP contribution in [0.15, 0.2) is 0 Å². The third-order valence-corrected chi connectivity index (χ3v) is 2.54. The molecule has 0 amide bonds. The molecule has 3 heteroatoms. The maximum Gasteiger partial charge on any atom is 0.0804 e. The highest BCUT2D eigenvalue weighted by Crippen LogP contribution is 2.05. The molecule has 0 saturated heterocycles. The van der Waals surface area contributed by atoms with Crippen LogP contribution in [-0.2, 0) is 0 Å². The highest BCUT2D eigenvalue weighted by atomic mass is 79.9. The van der Waals surface area contributed by atoms with Crippen LogP contribution in [0.3, 0.4) is 0 Å². The second-order valence-electron chi connectivity index (χ2n) is 4.52. The Balaban J connectivity index is 0. The average Bonchev–Trinajstić information content (AvgIpc) is 2.09. The van der Waals surface area contributed by atoms with E-state index in [2.05, 4.69) is 21.0 Å². The minimum absolute atomic E-state index is 0. The molecule has 0 aromatic carbocycles. The Bertz CT molecular complexity index is 118. The van der Waals surface area contributed by atoms with Gasteiger partial charge in [0.1, 0.15) is 0 Å². The zero-order valence-electron chi connectivity index (χ0n) is 9.93. The molecule has 14 heavy (non-hydrogen) atoms. The molecular formula is C11H26BrNO. The molecule has 0 heterocycles. The van der Waals surface area contributed by atoms with E-state index in [1.54, 1.807) is 0 Å².